The predicted molar refractivity (Wildman–Crippen MR) is 99.7 cm³/mol. The molecule has 1 aromatic carbocycles. The summed E-state index contributed by atoms with van der Waals surface area (Å²) in [6, 6.07) is 7.29. The van der Waals surface area contributed by atoms with Gasteiger partial charge in [0.25, 0.3) is 0 Å². The highest BCUT2D eigenvalue weighted by molar-refractivity contribution is 5.95. The summed E-state index contributed by atoms with van der Waals surface area (Å²) in [4.78, 5) is 22.4. The molecule has 5 heteroatoms. The van der Waals surface area contributed by atoms with E-state index in [4.69, 9.17) is 9.47 Å². The van der Waals surface area contributed by atoms with E-state index in [-0.39, 0.29) is 11.9 Å². The number of rotatable bonds is 9. The second-order valence-corrected chi connectivity index (χ2v) is 5.83. The molecule has 1 rings (SSSR count). The van der Waals surface area contributed by atoms with Crippen LogP contribution in [0.15, 0.2) is 47.6 Å². The average molecular weight is 345 g/mol. The van der Waals surface area contributed by atoms with Crippen LogP contribution in [-0.4, -0.2) is 32.2 Å². The number of allylic oxidation sites excluding steroid dienone is 2. The number of anilines is 1. The Balaban J connectivity index is 2.47. The Bertz CT molecular complexity index is 647. The quantitative estimate of drug-likeness (QED) is 0.539. The molecular formula is C20H27NO4. The number of carbonyl (C=O) groups excluding carboxylic acids is 2. The van der Waals surface area contributed by atoms with Gasteiger partial charge in [-0.3, -0.25) is 4.79 Å². The molecule has 0 radical (unpaired) electrons. The Morgan fingerprint density at radius 3 is 2.48 bits per heavy atom. The van der Waals surface area contributed by atoms with Gasteiger partial charge in [0.1, 0.15) is 6.61 Å². The Hall–Kier alpha value is -2.56. The van der Waals surface area contributed by atoms with E-state index in [1.165, 1.54) is 25.2 Å². The molecule has 0 saturated carbocycles. The minimum Gasteiger partial charge on any atom is -0.465 e. The molecule has 0 aliphatic heterocycles. The fourth-order valence-electron chi connectivity index (χ4n) is 2.18. The fourth-order valence-corrected chi connectivity index (χ4v) is 2.18. The molecule has 0 spiro atoms. The highest BCUT2D eigenvalue weighted by Gasteiger charge is 2.10. The van der Waals surface area contributed by atoms with Crippen molar-refractivity contribution >= 4 is 17.6 Å². The van der Waals surface area contributed by atoms with Crippen LogP contribution in [0.2, 0.25) is 0 Å². The van der Waals surface area contributed by atoms with Crippen molar-refractivity contribution in [1.29, 1.82) is 0 Å². The second kappa shape index (κ2) is 11.1. The molecule has 1 N–H and O–H groups in total. The van der Waals surface area contributed by atoms with E-state index in [9.17, 15) is 9.59 Å². The van der Waals surface area contributed by atoms with Crippen LogP contribution in [0.3, 0.4) is 0 Å². The van der Waals surface area contributed by atoms with Crippen LogP contribution in [0.5, 0.6) is 0 Å². The molecule has 0 saturated heterocycles. The standard InChI is InChI=1S/C20H27NO4/c1-15(12-13-25-17(3)22)8-7-9-16(2)14-21-19-11-6-5-10-18(19)20(23)24-4/h5-6,9-12,21H,7-8,13-14H2,1-4H3/b15-12+,16-9+. The first-order valence-electron chi connectivity index (χ1n) is 8.30. The second-order valence-electron chi connectivity index (χ2n) is 5.83. The number of para-hydroxylation sites is 1. The van der Waals surface area contributed by atoms with E-state index in [2.05, 4.69) is 11.4 Å². The van der Waals surface area contributed by atoms with Crippen LogP contribution in [-0.2, 0) is 14.3 Å². The van der Waals surface area contributed by atoms with E-state index in [0.29, 0.717) is 18.7 Å². The number of esters is 2. The van der Waals surface area contributed by atoms with Gasteiger partial charge < -0.3 is 14.8 Å². The Kier molecular flexibility index (Phi) is 9.07. The lowest BCUT2D eigenvalue weighted by molar-refractivity contribution is -0.139. The molecule has 0 aliphatic carbocycles. The van der Waals surface area contributed by atoms with E-state index < -0.39 is 0 Å². The van der Waals surface area contributed by atoms with Crippen molar-refractivity contribution in [3.05, 3.63) is 53.1 Å². The van der Waals surface area contributed by atoms with Crippen molar-refractivity contribution in [2.24, 2.45) is 0 Å². The first-order valence-corrected chi connectivity index (χ1v) is 8.30. The molecule has 0 atom stereocenters. The lowest BCUT2D eigenvalue weighted by Crippen LogP contribution is -2.09. The number of benzene rings is 1. The van der Waals surface area contributed by atoms with Crippen LogP contribution in [0.1, 0.15) is 44.0 Å². The molecule has 0 amide bonds. The lowest BCUT2D eigenvalue weighted by atomic mass is 10.1. The topological polar surface area (TPSA) is 64.6 Å². The largest absolute Gasteiger partial charge is 0.465 e. The molecule has 0 heterocycles. The number of hydrogen-bond donors (Lipinski definition) is 1. The number of nitrogens with one attached hydrogen (secondary N) is 1. The third-order valence-corrected chi connectivity index (χ3v) is 3.64. The maximum Gasteiger partial charge on any atom is 0.339 e. The minimum absolute atomic E-state index is 0.266. The zero-order valence-electron chi connectivity index (χ0n) is 15.4. The van der Waals surface area contributed by atoms with Gasteiger partial charge in [-0.1, -0.05) is 29.4 Å². The molecule has 0 aliphatic rings. The van der Waals surface area contributed by atoms with E-state index in [1.807, 2.05) is 38.1 Å². The minimum atomic E-state index is -0.349. The zero-order valence-corrected chi connectivity index (χ0v) is 15.4. The predicted octanol–water partition coefficient (Wildman–Crippen LogP) is 4.12. The van der Waals surface area contributed by atoms with Gasteiger partial charge >= 0.3 is 11.9 Å². The number of hydrogen-bond acceptors (Lipinski definition) is 5. The molecule has 0 aromatic heterocycles. The van der Waals surface area contributed by atoms with E-state index in [1.54, 1.807) is 6.07 Å². The average Bonchev–Trinajstić information content (AvgIpc) is 2.59. The van der Waals surface area contributed by atoms with Gasteiger partial charge in [-0.25, -0.2) is 4.79 Å². The molecule has 0 bridgehead atoms. The van der Waals surface area contributed by atoms with Crippen molar-refractivity contribution in [2.75, 3.05) is 25.6 Å². The van der Waals surface area contributed by atoms with Gasteiger partial charge in [0.2, 0.25) is 0 Å². The summed E-state index contributed by atoms with van der Waals surface area (Å²) in [5.41, 5.74) is 3.67. The van der Waals surface area contributed by atoms with Crippen molar-refractivity contribution in [2.45, 2.75) is 33.6 Å². The van der Waals surface area contributed by atoms with Gasteiger partial charge in [0.15, 0.2) is 0 Å². The van der Waals surface area contributed by atoms with Gasteiger partial charge in [-0.15, -0.1) is 0 Å². The summed E-state index contributed by atoms with van der Waals surface area (Å²) < 4.78 is 9.68. The number of methoxy groups -OCH3 is 1. The van der Waals surface area contributed by atoms with Gasteiger partial charge in [0.05, 0.1) is 12.7 Å². The number of ether oxygens (including phenoxy) is 2. The van der Waals surface area contributed by atoms with E-state index in [0.717, 1.165) is 18.5 Å². The number of carbonyl (C=O) groups is 2. The van der Waals surface area contributed by atoms with Crippen LogP contribution in [0.25, 0.3) is 0 Å². The molecule has 1 aromatic rings. The molecule has 0 unspecified atom stereocenters. The first kappa shape index (κ1) is 20.5. The molecule has 0 fully saturated rings. The van der Waals surface area contributed by atoms with Gasteiger partial charge in [0, 0.05) is 19.2 Å². The summed E-state index contributed by atoms with van der Waals surface area (Å²) in [7, 11) is 1.38. The van der Waals surface area contributed by atoms with Crippen LogP contribution in [0.4, 0.5) is 5.69 Å². The van der Waals surface area contributed by atoms with Crippen LogP contribution in [0, 0.1) is 0 Å². The third-order valence-electron chi connectivity index (χ3n) is 3.64. The van der Waals surface area contributed by atoms with Crippen molar-refractivity contribution in [3.8, 4) is 0 Å². The maximum atomic E-state index is 11.7. The Morgan fingerprint density at radius 2 is 1.80 bits per heavy atom. The van der Waals surface area contributed by atoms with Crippen LogP contribution < -0.4 is 5.32 Å². The summed E-state index contributed by atoms with van der Waals surface area (Å²) >= 11 is 0. The Morgan fingerprint density at radius 1 is 1.08 bits per heavy atom. The third kappa shape index (κ3) is 8.20. The van der Waals surface area contributed by atoms with Crippen molar-refractivity contribution < 1.29 is 19.1 Å². The molecule has 5 nitrogen and oxygen atoms in total. The zero-order chi connectivity index (χ0) is 18.7. The monoisotopic (exact) mass is 345 g/mol. The summed E-state index contributed by atoms with van der Waals surface area (Å²) in [5, 5.41) is 3.27. The molecular weight excluding hydrogens is 318 g/mol. The molecule has 136 valence electrons. The SMILES string of the molecule is COC(=O)c1ccccc1NC/C(C)=C/CC/C(C)=C/COC(C)=O. The van der Waals surface area contributed by atoms with Gasteiger partial charge in [-0.2, -0.15) is 0 Å². The summed E-state index contributed by atoms with van der Waals surface area (Å²) in [6.45, 7) is 6.46. The smallest absolute Gasteiger partial charge is 0.339 e. The van der Waals surface area contributed by atoms with Crippen molar-refractivity contribution in [1.82, 2.24) is 0 Å². The molecule has 25 heavy (non-hydrogen) atoms. The van der Waals surface area contributed by atoms with Gasteiger partial charge in [-0.05, 0) is 44.9 Å². The Labute approximate surface area is 149 Å². The summed E-state index contributed by atoms with van der Waals surface area (Å²) in [6.07, 6.45) is 5.91. The van der Waals surface area contributed by atoms with Crippen molar-refractivity contribution in [3.63, 3.8) is 0 Å². The fraction of sp³-hybridized carbons (Fsp3) is 0.400. The first-order chi connectivity index (χ1) is 11.9. The lowest BCUT2D eigenvalue weighted by Gasteiger charge is -2.11. The van der Waals surface area contributed by atoms with E-state index >= 15 is 0 Å². The van der Waals surface area contributed by atoms with Crippen LogP contribution >= 0.6 is 0 Å². The highest BCUT2D eigenvalue weighted by atomic mass is 16.5. The normalized spacial score (nSPS) is 11.8. The maximum absolute atomic E-state index is 11.7. The highest BCUT2D eigenvalue weighted by Crippen LogP contribution is 2.16. The summed E-state index contributed by atoms with van der Waals surface area (Å²) in [5.74, 6) is -0.614.